The smallest absolute Gasteiger partial charge is 0.343 e. The molecule has 2 aromatic carbocycles. The van der Waals surface area contributed by atoms with Crippen molar-refractivity contribution >= 4 is 5.97 Å². The van der Waals surface area contributed by atoms with Gasteiger partial charge in [-0.25, -0.2) is 4.79 Å². The van der Waals surface area contributed by atoms with E-state index in [-0.39, 0.29) is 24.1 Å². The topological polar surface area (TPSA) is 35.5 Å². The van der Waals surface area contributed by atoms with Crippen molar-refractivity contribution in [3.63, 3.8) is 0 Å². The van der Waals surface area contributed by atoms with E-state index in [0.717, 1.165) is 11.1 Å². The molecule has 3 atom stereocenters. The Balaban J connectivity index is 2.14. The molecule has 0 radical (unpaired) electrons. The van der Waals surface area contributed by atoms with Crippen molar-refractivity contribution in [3.8, 4) is 0 Å². The third-order valence-corrected chi connectivity index (χ3v) is 4.71. The Labute approximate surface area is 168 Å². The summed E-state index contributed by atoms with van der Waals surface area (Å²) >= 11 is 0. The quantitative estimate of drug-likeness (QED) is 0.284. The summed E-state index contributed by atoms with van der Waals surface area (Å²) in [6.07, 6.45) is 2.31. The molecule has 0 saturated carbocycles. The van der Waals surface area contributed by atoms with Gasteiger partial charge < -0.3 is 9.47 Å². The molecule has 3 nitrogen and oxygen atoms in total. The number of rotatable bonds is 9. The molecular formula is C25H30O3. The Kier molecular flexibility index (Phi) is 8.21. The zero-order chi connectivity index (χ0) is 20.5. The fourth-order valence-corrected chi connectivity index (χ4v) is 3.09. The van der Waals surface area contributed by atoms with Gasteiger partial charge in [-0.2, -0.15) is 0 Å². The minimum atomic E-state index is -0.356. The van der Waals surface area contributed by atoms with Crippen LogP contribution in [-0.2, 0) is 9.47 Å². The maximum Gasteiger partial charge on any atom is 0.343 e. The number of hydrogen-bond donors (Lipinski definition) is 0. The zero-order valence-corrected chi connectivity index (χ0v) is 17.2. The van der Waals surface area contributed by atoms with Crippen molar-refractivity contribution in [1.82, 2.24) is 0 Å². The molecule has 0 N–H and O–H groups in total. The van der Waals surface area contributed by atoms with Gasteiger partial charge in [0.15, 0.2) is 0 Å². The van der Waals surface area contributed by atoms with Crippen LogP contribution in [0.15, 0.2) is 84.7 Å². The minimum absolute atomic E-state index is 0.0732. The van der Waals surface area contributed by atoms with E-state index in [1.165, 1.54) is 0 Å². The van der Waals surface area contributed by atoms with Crippen LogP contribution in [0.2, 0.25) is 0 Å². The largest absolute Gasteiger partial charge is 0.427 e. The van der Waals surface area contributed by atoms with Gasteiger partial charge in [0, 0.05) is 5.92 Å². The van der Waals surface area contributed by atoms with Gasteiger partial charge in [-0.05, 0) is 51.0 Å². The predicted octanol–water partition coefficient (Wildman–Crippen LogP) is 6.50. The number of esters is 1. The molecule has 0 aliphatic carbocycles. The van der Waals surface area contributed by atoms with Gasteiger partial charge in [0.25, 0.3) is 0 Å². The first-order valence-corrected chi connectivity index (χ1v) is 9.70. The monoisotopic (exact) mass is 378 g/mol. The van der Waals surface area contributed by atoms with Crippen LogP contribution in [0, 0.1) is 5.92 Å². The van der Waals surface area contributed by atoms with E-state index in [1.807, 2.05) is 70.2 Å². The van der Waals surface area contributed by atoms with Crippen LogP contribution in [0.3, 0.4) is 0 Å². The number of carbonyl (C=O) groups is 1. The van der Waals surface area contributed by atoms with Crippen LogP contribution < -0.4 is 0 Å². The predicted molar refractivity (Wildman–Crippen MR) is 114 cm³/mol. The molecular weight excluding hydrogens is 348 g/mol. The lowest BCUT2D eigenvalue weighted by molar-refractivity contribution is -0.0334. The van der Waals surface area contributed by atoms with Crippen LogP contribution >= 0.6 is 0 Å². The van der Waals surface area contributed by atoms with Crippen molar-refractivity contribution in [3.05, 3.63) is 95.8 Å². The van der Waals surface area contributed by atoms with Crippen LogP contribution in [0.4, 0.5) is 0 Å². The van der Waals surface area contributed by atoms with Gasteiger partial charge in [0.2, 0.25) is 0 Å². The van der Waals surface area contributed by atoms with E-state index in [9.17, 15) is 4.79 Å². The van der Waals surface area contributed by atoms with Crippen molar-refractivity contribution < 1.29 is 14.3 Å². The summed E-state index contributed by atoms with van der Waals surface area (Å²) < 4.78 is 12.1. The highest BCUT2D eigenvalue weighted by molar-refractivity contribution is 5.90. The van der Waals surface area contributed by atoms with Crippen molar-refractivity contribution in [1.29, 1.82) is 0 Å². The van der Waals surface area contributed by atoms with Crippen LogP contribution in [-0.4, -0.2) is 12.1 Å². The zero-order valence-electron chi connectivity index (χ0n) is 17.2. The molecule has 0 unspecified atom stereocenters. The fraction of sp³-hybridized carbons (Fsp3) is 0.320. The van der Waals surface area contributed by atoms with Gasteiger partial charge >= 0.3 is 5.97 Å². The second-order valence-corrected chi connectivity index (χ2v) is 7.12. The van der Waals surface area contributed by atoms with Crippen molar-refractivity contribution in [2.24, 2.45) is 5.92 Å². The first kappa shape index (κ1) is 21.6. The normalized spacial score (nSPS) is 14.8. The average Bonchev–Trinajstić information content (AvgIpc) is 2.71. The fourth-order valence-electron chi connectivity index (χ4n) is 3.09. The summed E-state index contributed by atoms with van der Waals surface area (Å²) in [6.45, 7) is 12.0. The summed E-state index contributed by atoms with van der Waals surface area (Å²) in [4.78, 5) is 12.5. The molecule has 0 aliphatic rings. The first-order valence-electron chi connectivity index (χ1n) is 9.70. The molecule has 0 bridgehead atoms. The number of hydrogen-bond acceptors (Lipinski definition) is 3. The summed E-state index contributed by atoms with van der Waals surface area (Å²) in [5.74, 6) is 0.159. The summed E-state index contributed by atoms with van der Waals surface area (Å²) in [7, 11) is 0. The highest BCUT2D eigenvalue weighted by Crippen LogP contribution is 2.29. The summed E-state index contributed by atoms with van der Waals surface area (Å²) in [5.41, 5.74) is 2.68. The number of ether oxygens (including phenoxy) is 2. The standard InChI is InChI=1S/C25H30O3/c1-6-23(28-25(26)22-15-11-8-12-16-22)19(4)24(17-18(2)3)27-20(5)21-13-9-7-10-14-21/h6-16,19-20,24H,2,17H2,1,3-5H3/b23-6-/t19-,20+,24+/m1/s1. The van der Waals surface area contributed by atoms with Gasteiger partial charge in [0.1, 0.15) is 5.76 Å². The van der Waals surface area contributed by atoms with Crippen molar-refractivity contribution in [2.45, 2.75) is 46.3 Å². The molecule has 3 heteroatoms. The molecule has 0 heterocycles. The molecule has 0 fully saturated rings. The van der Waals surface area contributed by atoms with E-state index >= 15 is 0 Å². The van der Waals surface area contributed by atoms with E-state index in [2.05, 4.69) is 18.7 Å². The van der Waals surface area contributed by atoms with Gasteiger partial charge in [-0.15, -0.1) is 6.58 Å². The van der Waals surface area contributed by atoms with Gasteiger partial charge in [0.05, 0.1) is 17.8 Å². The van der Waals surface area contributed by atoms with E-state index < -0.39 is 0 Å². The molecule has 28 heavy (non-hydrogen) atoms. The lowest BCUT2D eigenvalue weighted by Gasteiger charge is -2.29. The minimum Gasteiger partial charge on any atom is -0.427 e. The SMILES string of the molecule is C=C(C)C[C@H](O[C@@H](C)c1ccccc1)[C@H](C)/C(=C/C)OC(=O)c1ccccc1. The van der Waals surface area contributed by atoms with Gasteiger partial charge in [-0.1, -0.05) is 61.0 Å². The second kappa shape index (κ2) is 10.6. The lowest BCUT2D eigenvalue weighted by Crippen LogP contribution is -2.27. The maximum absolute atomic E-state index is 12.5. The van der Waals surface area contributed by atoms with Crippen LogP contribution in [0.1, 0.15) is 56.1 Å². The Bertz CT molecular complexity index is 793. The van der Waals surface area contributed by atoms with Crippen LogP contribution in [0.25, 0.3) is 0 Å². The highest BCUT2D eigenvalue weighted by atomic mass is 16.5. The lowest BCUT2D eigenvalue weighted by atomic mass is 9.95. The molecule has 0 amide bonds. The highest BCUT2D eigenvalue weighted by Gasteiger charge is 2.26. The summed E-state index contributed by atoms with van der Waals surface area (Å²) in [6, 6.07) is 19.1. The molecule has 0 saturated heterocycles. The Morgan fingerprint density at radius 3 is 2.14 bits per heavy atom. The maximum atomic E-state index is 12.5. The number of benzene rings is 2. The third kappa shape index (κ3) is 6.21. The molecule has 148 valence electrons. The number of carbonyl (C=O) groups excluding carboxylic acids is 1. The van der Waals surface area contributed by atoms with E-state index in [1.54, 1.807) is 12.1 Å². The van der Waals surface area contributed by atoms with E-state index in [4.69, 9.17) is 9.47 Å². The molecule has 2 aromatic rings. The van der Waals surface area contributed by atoms with Gasteiger partial charge in [-0.3, -0.25) is 0 Å². The van der Waals surface area contributed by atoms with Crippen LogP contribution in [0.5, 0.6) is 0 Å². The molecule has 2 rings (SSSR count). The molecule has 0 aliphatic heterocycles. The Hall–Kier alpha value is -2.65. The van der Waals surface area contributed by atoms with E-state index in [0.29, 0.717) is 17.7 Å². The number of allylic oxidation sites excluding steroid dienone is 1. The third-order valence-electron chi connectivity index (χ3n) is 4.71. The van der Waals surface area contributed by atoms with Crippen molar-refractivity contribution in [2.75, 3.05) is 0 Å². The average molecular weight is 379 g/mol. The Morgan fingerprint density at radius 2 is 1.61 bits per heavy atom. The second-order valence-electron chi connectivity index (χ2n) is 7.12. The summed E-state index contributed by atoms with van der Waals surface area (Å²) in [5, 5.41) is 0. The Morgan fingerprint density at radius 1 is 1.04 bits per heavy atom. The first-order chi connectivity index (χ1) is 13.4. The molecule has 0 aromatic heterocycles. The molecule has 0 spiro atoms.